The molecule has 86 valence electrons. The van der Waals surface area contributed by atoms with Gasteiger partial charge in [0.15, 0.2) is 0 Å². The van der Waals surface area contributed by atoms with E-state index in [1.54, 1.807) is 6.07 Å². The van der Waals surface area contributed by atoms with Gasteiger partial charge in [-0.25, -0.2) is 0 Å². The van der Waals surface area contributed by atoms with Crippen molar-refractivity contribution in [1.82, 2.24) is 5.32 Å². The van der Waals surface area contributed by atoms with Crippen molar-refractivity contribution in [2.24, 2.45) is 0 Å². The SMILES string of the molecule is Oc1cccc2c1C1(CCCNCC1)OC2. The minimum atomic E-state index is -0.232. The molecule has 2 aliphatic heterocycles. The fraction of sp³-hybridized carbons (Fsp3) is 0.538. The van der Waals surface area contributed by atoms with Crippen LogP contribution >= 0.6 is 0 Å². The van der Waals surface area contributed by atoms with E-state index in [0.29, 0.717) is 12.4 Å². The van der Waals surface area contributed by atoms with Crippen molar-refractivity contribution < 1.29 is 9.84 Å². The first-order valence-electron chi connectivity index (χ1n) is 5.98. The Morgan fingerprint density at radius 3 is 3.12 bits per heavy atom. The summed E-state index contributed by atoms with van der Waals surface area (Å²) in [4.78, 5) is 0. The van der Waals surface area contributed by atoms with E-state index in [2.05, 4.69) is 11.4 Å². The van der Waals surface area contributed by atoms with Gasteiger partial charge in [-0.2, -0.15) is 0 Å². The van der Waals surface area contributed by atoms with Gasteiger partial charge in [-0.1, -0.05) is 12.1 Å². The predicted molar refractivity (Wildman–Crippen MR) is 61.3 cm³/mol. The maximum absolute atomic E-state index is 10.0. The number of nitrogens with one attached hydrogen (secondary N) is 1. The van der Waals surface area contributed by atoms with Gasteiger partial charge in [-0.3, -0.25) is 0 Å². The minimum absolute atomic E-state index is 0.232. The summed E-state index contributed by atoms with van der Waals surface area (Å²) in [6.07, 6.45) is 3.07. The molecule has 0 saturated carbocycles. The van der Waals surface area contributed by atoms with Crippen LogP contribution in [0, 0.1) is 0 Å². The summed E-state index contributed by atoms with van der Waals surface area (Å²) in [5.74, 6) is 0.400. The Balaban J connectivity index is 2.05. The molecule has 1 atom stereocenters. The van der Waals surface area contributed by atoms with Gasteiger partial charge in [0.1, 0.15) is 5.75 Å². The smallest absolute Gasteiger partial charge is 0.122 e. The normalized spacial score (nSPS) is 29.0. The molecule has 2 heterocycles. The molecule has 0 aromatic heterocycles. The number of rotatable bonds is 0. The zero-order chi connectivity index (χ0) is 11.0. The minimum Gasteiger partial charge on any atom is -0.508 e. The van der Waals surface area contributed by atoms with Gasteiger partial charge in [-0.05, 0) is 44.0 Å². The van der Waals surface area contributed by atoms with Crippen molar-refractivity contribution in [3.63, 3.8) is 0 Å². The van der Waals surface area contributed by atoms with Crippen molar-refractivity contribution >= 4 is 0 Å². The number of ether oxygens (including phenoxy) is 1. The van der Waals surface area contributed by atoms with E-state index in [4.69, 9.17) is 4.74 Å². The second-order valence-electron chi connectivity index (χ2n) is 4.70. The fourth-order valence-corrected chi connectivity index (χ4v) is 2.95. The highest BCUT2D eigenvalue weighted by molar-refractivity contribution is 5.45. The second kappa shape index (κ2) is 3.75. The van der Waals surface area contributed by atoms with E-state index in [9.17, 15) is 5.11 Å². The molecular weight excluding hydrogens is 202 g/mol. The molecule has 0 bridgehead atoms. The molecule has 3 heteroatoms. The Bertz CT molecular complexity index is 395. The fourth-order valence-electron chi connectivity index (χ4n) is 2.95. The number of hydrogen-bond acceptors (Lipinski definition) is 3. The second-order valence-corrected chi connectivity index (χ2v) is 4.70. The van der Waals surface area contributed by atoms with Crippen molar-refractivity contribution in [3.8, 4) is 5.75 Å². The number of aromatic hydroxyl groups is 1. The molecule has 0 amide bonds. The molecule has 2 aliphatic rings. The van der Waals surface area contributed by atoms with E-state index < -0.39 is 0 Å². The van der Waals surface area contributed by atoms with Crippen LogP contribution in [0.4, 0.5) is 0 Å². The van der Waals surface area contributed by atoms with Crippen LogP contribution in [0.1, 0.15) is 30.4 Å². The number of fused-ring (bicyclic) bond motifs is 2. The molecule has 0 aliphatic carbocycles. The number of benzene rings is 1. The van der Waals surface area contributed by atoms with Gasteiger partial charge in [0.25, 0.3) is 0 Å². The van der Waals surface area contributed by atoms with Crippen LogP contribution in [-0.2, 0) is 16.9 Å². The number of phenols is 1. The van der Waals surface area contributed by atoms with E-state index in [1.165, 1.54) is 0 Å². The first kappa shape index (κ1) is 10.1. The highest BCUT2D eigenvalue weighted by atomic mass is 16.5. The maximum Gasteiger partial charge on any atom is 0.122 e. The Hall–Kier alpha value is -1.06. The van der Waals surface area contributed by atoms with E-state index in [-0.39, 0.29) is 5.60 Å². The average Bonchev–Trinajstić information content (AvgIpc) is 2.49. The number of hydrogen-bond donors (Lipinski definition) is 2. The van der Waals surface area contributed by atoms with Crippen LogP contribution in [0.5, 0.6) is 5.75 Å². The third kappa shape index (κ3) is 1.43. The molecule has 3 nitrogen and oxygen atoms in total. The van der Waals surface area contributed by atoms with Gasteiger partial charge < -0.3 is 15.2 Å². The topological polar surface area (TPSA) is 41.5 Å². The lowest BCUT2D eigenvalue weighted by molar-refractivity contribution is -0.0478. The summed E-state index contributed by atoms with van der Waals surface area (Å²) >= 11 is 0. The highest BCUT2D eigenvalue weighted by Crippen LogP contribution is 2.47. The Kier molecular flexibility index (Phi) is 2.37. The first-order chi connectivity index (χ1) is 7.82. The van der Waals surface area contributed by atoms with Gasteiger partial charge >= 0.3 is 0 Å². The molecule has 1 saturated heterocycles. The molecule has 1 aromatic rings. The van der Waals surface area contributed by atoms with Gasteiger partial charge in [0.2, 0.25) is 0 Å². The lowest BCUT2D eigenvalue weighted by atomic mass is 9.85. The Labute approximate surface area is 95.4 Å². The van der Waals surface area contributed by atoms with Gasteiger partial charge in [0.05, 0.1) is 12.2 Å². The predicted octanol–water partition coefficient (Wildman–Crippen LogP) is 1.89. The molecule has 3 rings (SSSR count). The Morgan fingerprint density at radius 2 is 2.19 bits per heavy atom. The van der Waals surface area contributed by atoms with Crippen LogP contribution in [0.3, 0.4) is 0 Å². The lowest BCUT2D eigenvalue weighted by Gasteiger charge is -2.28. The van der Waals surface area contributed by atoms with Gasteiger partial charge in [-0.15, -0.1) is 0 Å². The van der Waals surface area contributed by atoms with Crippen molar-refractivity contribution in [1.29, 1.82) is 0 Å². The van der Waals surface area contributed by atoms with E-state index in [1.807, 2.05) is 6.07 Å². The molecule has 1 spiro atoms. The molecule has 1 unspecified atom stereocenters. The number of phenolic OH excluding ortho intramolecular Hbond substituents is 1. The zero-order valence-corrected chi connectivity index (χ0v) is 9.33. The molecule has 16 heavy (non-hydrogen) atoms. The van der Waals surface area contributed by atoms with Crippen molar-refractivity contribution in [2.45, 2.75) is 31.5 Å². The summed E-state index contributed by atoms with van der Waals surface area (Å²) < 4.78 is 6.01. The summed E-state index contributed by atoms with van der Waals surface area (Å²) in [5, 5.41) is 13.4. The standard InChI is InChI=1S/C13H17NO2/c15-11-4-1-3-10-9-16-13(12(10)11)5-2-7-14-8-6-13/h1,3-4,14-15H,2,5-9H2. The largest absolute Gasteiger partial charge is 0.508 e. The maximum atomic E-state index is 10.0. The quantitative estimate of drug-likeness (QED) is 0.700. The van der Waals surface area contributed by atoms with Crippen molar-refractivity contribution in [2.75, 3.05) is 13.1 Å². The third-order valence-corrected chi connectivity index (χ3v) is 3.73. The van der Waals surface area contributed by atoms with Crippen LogP contribution in [0.2, 0.25) is 0 Å². The van der Waals surface area contributed by atoms with Crippen molar-refractivity contribution in [3.05, 3.63) is 29.3 Å². The van der Waals surface area contributed by atoms with Gasteiger partial charge in [0, 0.05) is 5.56 Å². The molecular formula is C13H17NO2. The molecule has 2 N–H and O–H groups in total. The highest BCUT2D eigenvalue weighted by Gasteiger charge is 2.41. The monoisotopic (exact) mass is 219 g/mol. The summed E-state index contributed by atoms with van der Waals surface area (Å²) in [6, 6.07) is 5.72. The lowest BCUT2D eigenvalue weighted by Crippen LogP contribution is -2.26. The van der Waals surface area contributed by atoms with E-state index >= 15 is 0 Å². The summed E-state index contributed by atoms with van der Waals surface area (Å²) in [7, 11) is 0. The van der Waals surface area contributed by atoms with Crippen LogP contribution in [0.25, 0.3) is 0 Å². The average molecular weight is 219 g/mol. The molecule has 1 fully saturated rings. The summed E-state index contributed by atoms with van der Waals surface area (Å²) in [5.41, 5.74) is 1.96. The zero-order valence-electron chi connectivity index (χ0n) is 9.33. The Morgan fingerprint density at radius 1 is 1.25 bits per heavy atom. The van der Waals surface area contributed by atoms with Crippen LogP contribution in [0.15, 0.2) is 18.2 Å². The van der Waals surface area contributed by atoms with Crippen LogP contribution in [-0.4, -0.2) is 18.2 Å². The molecule has 1 aromatic carbocycles. The molecule has 0 radical (unpaired) electrons. The third-order valence-electron chi connectivity index (χ3n) is 3.73. The van der Waals surface area contributed by atoms with E-state index in [0.717, 1.165) is 43.5 Å². The van der Waals surface area contributed by atoms with Crippen LogP contribution < -0.4 is 5.32 Å². The first-order valence-corrected chi connectivity index (χ1v) is 5.98. The summed E-state index contributed by atoms with van der Waals surface area (Å²) in [6.45, 7) is 2.66.